The van der Waals surface area contributed by atoms with Gasteiger partial charge in [0.15, 0.2) is 0 Å². The van der Waals surface area contributed by atoms with Gasteiger partial charge < -0.3 is 26.2 Å². The maximum atomic E-state index is 12.3. The van der Waals surface area contributed by atoms with Crippen LogP contribution in [0.2, 0.25) is 0 Å². The molecule has 1 atom stereocenters. The summed E-state index contributed by atoms with van der Waals surface area (Å²) in [7, 11) is 0. The first-order valence-electron chi connectivity index (χ1n) is 8.35. The molecule has 2 aromatic rings. The fraction of sp³-hybridized carbons (Fsp3) is 0.438. The number of nitrogen functional groups attached to an aromatic ring is 1. The molecule has 11 nitrogen and oxygen atoms in total. The van der Waals surface area contributed by atoms with Crippen LogP contribution in [0.15, 0.2) is 17.2 Å². The number of nitrogens with zero attached hydrogens (tertiary/aromatic N) is 2. The molecule has 0 spiro atoms. The molecule has 2 aromatic heterocycles. The van der Waals surface area contributed by atoms with E-state index in [9.17, 15) is 19.2 Å². The molecular weight excluding hydrogens is 358 g/mol. The Balaban J connectivity index is 1.81. The minimum absolute atomic E-state index is 0.0678. The molecule has 146 valence electrons. The van der Waals surface area contributed by atoms with Crippen molar-refractivity contribution in [2.45, 2.75) is 44.7 Å². The quantitative estimate of drug-likeness (QED) is 0.355. The molecule has 0 aliphatic carbocycles. The zero-order valence-corrected chi connectivity index (χ0v) is 14.5. The van der Waals surface area contributed by atoms with Gasteiger partial charge in [0.1, 0.15) is 17.5 Å². The zero-order chi connectivity index (χ0) is 20.0. The highest BCUT2D eigenvalue weighted by Crippen LogP contribution is 2.09. The number of amides is 1. The van der Waals surface area contributed by atoms with Crippen LogP contribution in [-0.4, -0.2) is 48.6 Å². The number of carboxylic acid groups (broad SMARTS) is 2. The van der Waals surface area contributed by atoms with Crippen LogP contribution in [-0.2, 0) is 20.9 Å². The molecule has 0 bridgehead atoms. The third-order valence-electron chi connectivity index (χ3n) is 3.97. The summed E-state index contributed by atoms with van der Waals surface area (Å²) < 4.78 is 1.42. The zero-order valence-electron chi connectivity index (χ0n) is 14.5. The Morgan fingerprint density at radius 2 is 2.00 bits per heavy atom. The monoisotopic (exact) mass is 379 g/mol. The summed E-state index contributed by atoms with van der Waals surface area (Å²) in [5.41, 5.74) is 5.77. The summed E-state index contributed by atoms with van der Waals surface area (Å²) in [5.74, 6) is -2.54. The van der Waals surface area contributed by atoms with Gasteiger partial charge in [-0.15, -0.1) is 0 Å². The average Bonchev–Trinajstić information content (AvgIpc) is 2.98. The summed E-state index contributed by atoms with van der Waals surface area (Å²) in [6.45, 7) is 0.349. The molecule has 2 rings (SSSR count). The molecule has 0 aliphatic rings. The molecule has 0 radical (unpaired) electrons. The molecule has 11 heteroatoms. The van der Waals surface area contributed by atoms with E-state index in [1.54, 1.807) is 0 Å². The van der Waals surface area contributed by atoms with E-state index in [0.29, 0.717) is 36.2 Å². The lowest BCUT2D eigenvalue weighted by molar-refractivity contribution is -0.143. The highest BCUT2D eigenvalue weighted by Gasteiger charge is 2.20. The number of aliphatic carboxylic acids is 2. The van der Waals surface area contributed by atoms with Crippen molar-refractivity contribution in [3.05, 3.63) is 22.7 Å². The lowest BCUT2D eigenvalue weighted by atomic mass is 10.1. The molecule has 0 saturated heterocycles. The maximum Gasteiger partial charge on any atom is 0.326 e. The predicted octanol–water partition coefficient (Wildman–Crippen LogP) is -0.0887. The molecule has 6 N–H and O–H groups in total. The number of H-pyrrole nitrogens is 1. The van der Waals surface area contributed by atoms with Crippen LogP contribution in [0.5, 0.6) is 0 Å². The van der Waals surface area contributed by atoms with E-state index in [0.717, 1.165) is 0 Å². The molecule has 27 heavy (non-hydrogen) atoms. The number of fused-ring (bicyclic) bond motifs is 1. The van der Waals surface area contributed by atoms with Gasteiger partial charge in [-0.3, -0.25) is 19.0 Å². The van der Waals surface area contributed by atoms with Crippen LogP contribution in [0.1, 0.15) is 32.1 Å². The van der Waals surface area contributed by atoms with Crippen molar-refractivity contribution in [1.82, 2.24) is 19.9 Å². The summed E-state index contributed by atoms with van der Waals surface area (Å²) in [5, 5.41) is 20.3. The van der Waals surface area contributed by atoms with E-state index in [2.05, 4.69) is 15.3 Å². The van der Waals surface area contributed by atoms with Crippen molar-refractivity contribution >= 4 is 34.7 Å². The molecule has 2 heterocycles. The molecule has 1 amide bonds. The van der Waals surface area contributed by atoms with E-state index < -0.39 is 23.9 Å². The summed E-state index contributed by atoms with van der Waals surface area (Å²) >= 11 is 0. The average molecular weight is 379 g/mol. The first-order chi connectivity index (χ1) is 12.8. The number of nitrogens with two attached hydrogens (primary N) is 1. The van der Waals surface area contributed by atoms with Crippen molar-refractivity contribution in [3.8, 4) is 0 Å². The van der Waals surface area contributed by atoms with Crippen LogP contribution >= 0.6 is 0 Å². The van der Waals surface area contributed by atoms with Crippen LogP contribution in [0.3, 0.4) is 0 Å². The van der Waals surface area contributed by atoms with Gasteiger partial charge in [0.25, 0.3) is 5.56 Å². The van der Waals surface area contributed by atoms with Crippen LogP contribution in [0.25, 0.3) is 11.0 Å². The standard InChI is InChI=1S/C16H21N5O6/c17-11-7-9-14(20-11)18-8-21(15(9)25)6-2-1-3-12(22)19-10(16(26)27)4-5-13(23)24/h7-8,10,20H,1-6,17H2,(H,19,22)(H,23,24)(H,26,27)/t10-/m0/s1. The number of carbonyl (C=O) groups is 3. The minimum atomic E-state index is -1.28. The van der Waals surface area contributed by atoms with Crippen LogP contribution in [0.4, 0.5) is 5.82 Å². The number of carboxylic acids is 2. The second kappa shape index (κ2) is 8.83. The molecule has 0 aromatic carbocycles. The fourth-order valence-electron chi connectivity index (χ4n) is 2.58. The Kier molecular flexibility index (Phi) is 6.52. The van der Waals surface area contributed by atoms with E-state index in [1.165, 1.54) is 17.0 Å². The highest BCUT2D eigenvalue weighted by molar-refractivity contribution is 5.84. The number of aromatic nitrogens is 3. The van der Waals surface area contributed by atoms with E-state index in [1.807, 2.05) is 0 Å². The van der Waals surface area contributed by atoms with Gasteiger partial charge in [0, 0.05) is 19.4 Å². The summed E-state index contributed by atoms with van der Waals surface area (Å²) in [6.07, 6.45) is 1.87. The normalized spacial score (nSPS) is 12.0. The Bertz CT molecular complexity index is 902. The second-order valence-corrected chi connectivity index (χ2v) is 6.08. The molecule has 0 aliphatic heterocycles. The number of hydrogen-bond acceptors (Lipinski definition) is 6. The van der Waals surface area contributed by atoms with Crippen molar-refractivity contribution in [3.63, 3.8) is 0 Å². The van der Waals surface area contributed by atoms with Gasteiger partial charge in [0.05, 0.1) is 11.7 Å². The van der Waals surface area contributed by atoms with E-state index in [4.69, 9.17) is 15.9 Å². The third-order valence-corrected chi connectivity index (χ3v) is 3.97. The number of anilines is 1. The van der Waals surface area contributed by atoms with Crippen molar-refractivity contribution in [2.24, 2.45) is 0 Å². The number of unbranched alkanes of at least 4 members (excludes halogenated alkanes) is 1. The maximum absolute atomic E-state index is 12.3. The van der Waals surface area contributed by atoms with Crippen molar-refractivity contribution in [1.29, 1.82) is 0 Å². The third kappa shape index (κ3) is 5.56. The number of aromatic amines is 1. The number of nitrogens with one attached hydrogen (secondary N) is 2. The lowest BCUT2D eigenvalue weighted by Crippen LogP contribution is -2.41. The number of aryl methyl sites for hydroxylation is 1. The van der Waals surface area contributed by atoms with Gasteiger partial charge in [-0.05, 0) is 25.3 Å². The van der Waals surface area contributed by atoms with Crippen LogP contribution < -0.4 is 16.6 Å². The van der Waals surface area contributed by atoms with Crippen molar-refractivity contribution < 1.29 is 24.6 Å². The predicted molar refractivity (Wildman–Crippen MR) is 95.1 cm³/mol. The van der Waals surface area contributed by atoms with E-state index in [-0.39, 0.29) is 24.8 Å². The molecule has 0 fully saturated rings. The summed E-state index contributed by atoms with van der Waals surface area (Å²) in [4.78, 5) is 52.5. The smallest absolute Gasteiger partial charge is 0.326 e. The largest absolute Gasteiger partial charge is 0.481 e. The van der Waals surface area contributed by atoms with Gasteiger partial charge in [0.2, 0.25) is 5.91 Å². The number of hydrogen-bond donors (Lipinski definition) is 5. The lowest BCUT2D eigenvalue weighted by Gasteiger charge is -2.13. The Morgan fingerprint density at radius 3 is 2.67 bits per heavy atom. The molecule has 0 unspecified atom stereocenters. The van der Waals surface area contributed by atoms with Gasteiger partial charge in [-0.1, -0.05) is 0 Å². The van der Waals surface area contributed by atoms with E-state index >= 15 is 0 Å². The highest BCUT2D eigenvalue weighted by atomic mass is 16.4. The minimum Gasteiger partial charge on any atom is -0.481 e. The van der Waals surface area contributed by atoms with Gasteiger partial charge in [-0.25, -0.2) is 9.78 Å². The van der Waals surface area contributed by atoms with Crippen LogP contribution in [0, 0.1) is 0 Å². The number of rotatable bonds is 10. The number of carbonyl (C=O) groups excluding carboxylic acids is 1. The second-order valence-electron chi connectivity index (χ2n) is 6.08. The van der Waals surface area contributed by atoms with Crippen molar-refractivity contribution in [2.75, 3.05) is 5.73 Å². The first kappa shape index (κ1) is 19.9. The Hall–Kier alpha value is -3.37. The van der Waals surface area contributed by atoms with Gasteiger partial charge in [-0.2, -0.15) is 0 Å². The topological polar surface area (TPSA) is 180 Å². The molecular formula is C16H21N5O6. The summed E-state index contributed by atoms with van der Waals surface area (Å²) in [6, 6.07) is 0.277. The fourth-order valence-corrected chi connectivity index (χ4v) is 2.58. The Labute approximate surface area is 153 Å². The first-order valence-corrected chi connectivity index (χ1v) is 8.35. The Morgan fingerprint density at radius 1 is 1.26 bits per heavy atom. The van der Waals surface area contributed by atoms with Gasteiger partial charge >= 0.3 is 11.9 Å². The SMILES string of the molecule is Nc1cc2c(=O)n(CCCCC(=O)N[C@@H](CCC(=O)O)C(=O)O)cnc2[nH]1. The molecule has 0 saturated carbocycles.